The molecule has 0 aliphatic carbocycles. The van der Waals surface area contributed by atoms with Crippen LogP contribution in [-0.4, -0.2) is 44.9 Å². The highest BCUT2D eigenvalue weighted by Gasteiger charge is 2.23. The molecule has 5 nitrogen and oxygen atoms in total. The summed E-state index contributed by atoms with van der Waals surface area (Å²) in [5.74, 6) is 0.178. The van der Waals surface area contributed by atoms with Crippen molar-refractivity contribution in [1.82, 2.24) is 4.98 Å². The molecule has 1 unspecified atom stereocenters. The number of esters is 1. The number of methoxy groups -OCH3 is 2. The molecule has 0 spiro atoms. The minimum atomic E-state index is -0.372. The lowest BCUT2D eigenvalue weighted by Gasteiger charge is -2.32. The van der Waals surface area contributed by atoms with Gasteiger partial charge in [-0.25, -0.2) is 9.78 Å². The van der Waals surface area contributed by atoms with E-state index in [-0.39, 0.29) is 5.97 Å². The summed E-state index contributed by atoms with van der Waals surface area (Å²) in [5, 5.41) is 2.65. The number of ether oxygens (including phenoxy) is 2. The molecule has 1 aliphatic rings. The van der Waals surface area contributed by atoms with Crippen molar-refractivity contribution < 1.29 is 14.3 Å². The molecule has 0 saturated carbocycles. The highest BCUT2D eigenvalue weighted by atomic mass is 32.1. The maximum atomic E-state index is 11.4. The van der Waals surface area contributed by atoms with E-state index in [1.165, 1.54) is 24.9 Å². The molecule has 0 bridgehead atoms. The largest absolute Gasteiger partial charge is 0.464 e. The number of hydrogen-bond acceptors (Lipinski definition) is 6. The second-order valence-corrected chi connectivity index (χ2v) is 5.25. The lowest BCUT2D eigenvalue weighted by Crippen LogP contribution is -2.37. The summed E-state index contributed by atoms with van der Waals surface area (Å²) >= 11 is 1.49. The number of piperidine rings is 1. The fourth-order valence-electron chi connectivity index (χ4n) is 2.22. The number of thiazole rings is 1. The van der Waals surface area contributed by atoms with Crippen molar-refractivity contribution in [3.05, 3.63) is 11.1 Å². The fraction of sp³-hybridized carbons (Fsp3) is 0.667. The molecule has 1 aromatic rings. The molecule has 1 aromatic heterocycles. The third kappa shape index (κ3) is 3.00. The zero-order chi connectivity index (χ0) is 13.0. The van der Waals surface area contributed by atoms with E-state index < -0.39 is 0 Å². The summed E-state index contributed by atoms with van der Waals surface area (Å²) in [7, 11) is 3.11. The average molecular weight is 270 g/mol. The van der Waals surface area contributed by atoms with Crippen molar-refractivity contribution in [3.8, 4) is 0 Å². The van der Waals surface area contributed by atoms with Crippen molar-refractivity contribution in [2.24, 2.45) is 5.92 Å². The molecule has 100 valence electrons. The van der Waals surface area contributed by atoms with Crippen molar-refractivity contribution in [2.75, 3.05) is 38.8 Å². The van der Waals surface area contributed by atoms with E-state index in [1.807, 2.05) is 0 Å². The Kier molecular flexibility index (Phi) is 4.54. The van der Waals surface area contributed by atoms with Crippen LogP contribution in [0.15, 0.2) is 5.38 Å². The van der Waals surface area contributed by atoms with Gasteiger partial charge < -0.3 is 14.4 Å². The van der Waals surface area contributed by atoms with Gasteiger partial charge in [0.1, 0.15) is 0 Å². The van der Waals surface area contributed by atoms with Crippen LogP contribution in [0.4, 0.5) is 5.13 Å². The van der Waals surface area contributed by atoms with Crippen LogP contribution in [0, 0.1) is 5.92 Å². The maximum absolute atomic E-state index is 11.4. The summed E-state index contributed by atoms with van der Waals surface area (Å²) in [5.41, 5.74) is 0.395. The standard InChI is InChI=1S/C12H18N2O3S/c1-16-7-9-4-3-5-14(6-9)12-13-10(8-18-12)11(15)17-2/h8-9H,3-7H2,1-2H3. The molecule has 18 heavy (non-hydrogen) atoms. The molecule has 1 aliphatic heterocycles. The van der Waals surface area contributed by atoms with Gasteiger partial charge in [-0.2, -0.15) is 0 Å². The van der Waals surface area contributed by atoms with Crippen molar-refractivity contribution >= 4 is 22.4 Å². The van der Waals surface area contributed by atoms with Gasteiger partial charge in [-0.3, -0.25) is 0 Å². The molecule has 2 heterocycles. The quantitative estimate of drug-likeness (QED) is 0.781. The van der Waals surface area contributed by atoms with Crippen molar-refractivity contribution in [3.63, 3.8) is 0 Å². The summed E-state index contributed by atoms with van der Waals surface area (Å²) in [6.07, 6.45) is 2.33. The SMILES string of the molecule is COCC1CCCN(c2nc(C(=O)OC)cs2)C1. The van der Waals surface area contributed by atoms with Crippen LogP contribution in [0.2, 0.25) is 0 Å². The summed E-state index contributed by atoms with van der Waals surface area (Å²) in [6.45, 7) is 2.72. The number of anilines is 1. The summed E-state index contributed by atoms with van der Waals surface area (Å²) in [4.78, 5) is 17.9. The highest BCUT2D eigenvalue weighted by Crippen LogP contribution is 2.26. The predicted molar refractivity (Wildman–Crippen MR) is 70.3 cm³/mol. The van der Waals surface area contributed by atoms with Crippen molar-refractivity contribution in [1.29, 1.82) is 0 Å². The number of carbonyl (C=O) groups is 1. The molecule has 1 atom stereocenters. The van der Waals surface area contributed by atoms with Gasteiger partial charge in [-0.1, -0.05) is 0 Å². The molecular weight excluding hydrogens is 252 g/mol. The fourth-order valence-corrected chi connectivity index (χ4v) is 3.05. The Morgan fingerprint density at radius 3 is 3.17 bits per heavy atom. The van der Waals surface area contributed by atoms with Gasteiger partial charge in [-0.15, -0.1) is 11.3 Å². The zero-order valence-electron chi connectivity index (χ0n) is 10.7. The van der Waals surface area contributed by atoms with Gasteiger partial charge in [0, 0.05) is 25.6 Å². The van der Waals surface area contributed by atoms with Crippen LogP contribution >= 0.6 is 11.3 Å². The van der Waals surface area contributed by atoms with Gasteiger partial charge in [0.2, 0.25) is 0 Å². The van der Waals surface area contributed by atoms with Gasteiger partial charge in [-0.05, 0) is 18.8 Å². The highest BCUT2D eigenvalue weighted by molar-refractivity contribution is 7.13. The molecule has 1 fully saturated rings. The Balaban J connectivity index is 2.02. The smallest absolute Gasteiger partial charge is 0.357 e. The average Bonchev–Trinajstić information content (AvgIpc) is 2.88. The summed E-state index contributed by atoms with van der Waals surface area (Å²) < 4.78 is 9.87. The first-order valence-electron chi connectivity index (χ1n) is 6.02. The van der Waals surface area contributed by atoms with Crippen LogP contribution < -0.4 is 4.90 Å². The van der Waals surface area contributed by atoms with E-state index in [2.05, 4.69) is 14.6 Å². The number of nitrogens with zero attached hydrogens (tertiary/aromatic N) is 2. The molecule has 0 radical (unpaired) electrons. The molecule has 0 aromatic carbocycles. The normalized spacial score (nSPS) is 19.9. The third-order valence-corrected chi connectivity index (χ3v) is 3.98. The van der Waals surface area contributed by atoms with E-state index in [9.17, 15) is 4.79 Å². The minimum absolute atomic E-state index is 0.372. The first-order valence-corrected chi connectivity index (χ1v) is 6.90. The van der Waals surface area contributed by atoms with Gasteiger partial charge >= 0.3 is 5.97 Å². The Labute approximate surface area is 111 Å². The maximum Gasteiger partial charge on any atom is 0.357 e. The van der Waals surface area contributed by atoms with Crippen LogP contribution in [0.25, 0.3) is 0 Å². The Morgan fingerprint density at radius 1 is 1.61 bits per heavy atom. The van der Waals surface area contributed by atoms with E-state index in [0.29, 0.717) is 11.6 Å². The van der Waals surface area contributed by atoms with Gasteiger partial charge in [0.25, 0.3) is 0 Å². The second kappa shape index (κ2) is 6.15. The topological polar surface area (TPSA) is 51.7 Å². The number of hydrogen-bond donors (Lipinski definition) is 0. The Bertz CT molecular complexity index is 406. The van der Waals surface area contributed by atoms with Crippen LogP contribution in [0.5, 0.6) is 0 Å². The van der Waals surface area contributed by atoms with E-state index >= 15 is 0 Å². The second-order valence-electron chi connectivity index (χ2n) is 4.42. The number of carbonyl (C=O) groups excluding carboxylic acids is 1. The minimum Gasteiger partial charge on any atom is -0.464 e. The third-order valence-electron chi connectivity index (χ3n) is 3.08. The van der Waals surface area contributed by atoms with Gasteiger partial charge in [0.15, 0.2) is 10.8 Å². The van der Waals surface area contributed by atoms with Crippen LogP contribution in [0.1, 0.15) is 23.3 Å². The lowest BCUT2D eigenvalue weighted by atomic mass is 9.99. The molecule has 0 N–H and O–H groups in total. The Morgan fingerprint density at radius 2 is 2.44 bits per heavy atom. The zero-order valence-corrected chi connectivity index (χ0v) is 11.5. The molecule has 2 rings (SSSR count). The lowest BCUT2D eigenvalue weighted by molar-refractivity contribution is 0.0595. The van der Waals surface area contributed by atoms with Crippen LogP contribution in [0.3, 0.4) is 0 Å². The van der Waals surface area contributed by atoms with E-state index in [1.54, 1.807) is 12.5 Å². The van der Waals surface area contributed by atoms with Gasteiger partial charge in [0.05, 0.1) is 13.7 Å². The monoisotopic (exact) mass is 270 g/mol. The van der Waals surface area contributed by atoms with Crippen LogP contribution in [-0.2, 0) is 9.47 Å². The van der Waals surface area contributed by atoms with E-state index in [4.69, 9.17) is 4.74 Å². The molecule has 1 saturated heterocycles. The summed E-state index contributed by atoms with van der Waals surface area (Å²) in [6, 6.07) is 0. The predicted octanol–water partition coefficient (Wildman–Crippen LogP) is 1.79. The van der Waals surface area contributed by atoms with Crippen molar-refractivity contribution in [2.45, 2.75) is 12.8 Å². The Hall–Kier alpha value is -1.14. The number of rotatable bonds is 4. The number of aromatic nitrogens is 1. The van der Waals surface area contributed by atoms with E-state index in [0.717, 1.165) is 31.2 Å². The molecular formula is C12H18N2O3S. The molecule has 0 amide bonds. The first kappa shape index (κ1) is 13.3. The first-order chi connectivity index (χ1) is 8.74. The molecule has 6 heteroatoms.